The third-order valence-electron chi connectivity index (χ3n) is 4.10. The Morgan fingerprint density at radius 3 is 2.83 bits per heavy atom. The highest BCUT2D eigenvalue weighted by atomic mass is 19.1. The Balaban J connectivity index is 1.73. The molecule has 0 saturated carbocycles. The number of H-pyrrole nitrogens is 1. The minimum atomic E-state index is -0.225. The number of nitrogens with zero attached hydrogens (tertiary/aromatic N) is 2. The number of aromatic amines is 1. The standard InChI is InChI=1S/C19H15FN3/c1-13-2-9-19(15-5-7-17(20)8-6-15)23(13)12-14-3-4-16-11-21-22-18(16)10-14/h3-11H,12H2,1H3,(H,21,22). The third-order valence-corrected chi connectivity index (χ3v) is 4.10. The molecule has 4 rings (SSSR count). The van der Waals surface area contributed by atoms with Crippen LogP contribution in [0.3, 0.4) is 0 Å². The predicted octanol–water partition coefficient (Wildman–Crippen LogP) is 4.33. The molecule has 23 heavy (non-hydrogen) atoms. The van der Waals surface area contributed by atoms with Crippen molar-refractivity contribution in [2.24, 2.45) is 0 Å². The molecule has 2 aromatic heterocycles. The molecule has 3 nitrogen and oxygen atoms in total. The lowest BCUT2D eigenvalue weighted by Crippen LogP contribution is -2.03. The van der Waals surface area contributed by atoms with Gasteiger partial charge in [-0.15, -0.1) is 0 Å². The molecule has 0 unspecified atom stereocenters. The van der Waals surface area contributed by atoms with Crippen LogP contribution >= 0.6 is 0 Å². The number of hydrogen-bond acceptors (Lipinski definition) is 1. The summed E-state index contributed by atoms with van der Waals surface area (Å²) in [4.78, 5) is 0. The molecule has 0 atom stereocenters. The van der Waals surface area contributed by atoms with Crippen LogP contribution in [0.2, 0.25) is 0 Å². The Morgan fingerprint density at radius 1 is 1.17 bits per heavy atom. The number of aromatic nitrogens is 3. The zero-order valence-electron chi connectivity index (χ0n) is 12.7. The van der Waals surface area contributed by atoms with E-state index in [9.17, 15) is 4.39 Å². The van der Waals surface area contributed by atoms with E-state index in [1.165, 1.54) is 17.7 Å². The molecule has 4 aromatic rings. The number of rotatable bonds is 3. The summed E-state index contributed by atoms with van der Waals surface area (Å²) in [6, 6.07) is 18.0. The van der Waals surface area contributed by atoms with E-state index in [0.717, 1.165) is 34.4 Å². The Hall–Kier alpha value is -2.88. The minimum Gasteiger partial charge on any atom is -0.340 e. The van der Waals surface area contributed by atoms with E-state index in [0.29, 0.717) is 0 Å². The van der Waals surface area contributed by atoms with Gasteiger partial charge in [-0.1, -0.05) is 12.1 Å². The van der Waals surface area contributed by atoms with Crippen molar-refractivity contribution in [2.45, 2.75) is 13.5 Å². The fourth-order valence-electron chi connectivity index (χ4n) is 2.84. The first kappa shape index (κ1) is 13.8. The summed E-state index contributed by atoms with van der Waals surface area (Å²) in [5.74, 6) is -0.225. The molecule has 0 saturated heterocycles. The number of fused-ring (bicyclic) bond motifs is 1. The molecule has 0 spiro atoms. The van der Waals surface area contributed by atoms with E-state index in [2.05, 4.69) is 39.0 Å². The average molecular weight is 304 g/mol. The van der Waals surface area contributed by atoms with Crippen LogP contribution in [-0.4, -0.2) is 14.8 Å². The Kier molecular flexibility index (Phi) is 3.23. The van der Waals surface area contributed by atoms with Crippen molar-refractivity contribution in [2.75, 3.05) is 0 Å². The van der Waals surface area contributed by atoms with Gasteiger partial charge in [0.1, 0.15) is 5.82 Å². The van der Waals surface area contributed by atoms with Gasteiger partial charge in [0.2, 0.25) is 0 Å². The summed E-state index contributed by atoms with van der Waals surface area (Å²) in [7, 11) is 0. The van der Waals surface area contributed by atoms with Crippen molar-refractivity contribution in [3.8, 4) is 11.3 Å². The number of benzene rings is 2. The monoisotopic (exact) mass is 304 g/mol. The quantitative estimate of drug-likeness (QED) is 0.600. The van der Waals surface area contributed by atoms with E-state index >= 15 is 0 Å². The third kappa shape index (κ3) is 2.52. The maximum absolute atomic E-state index is 13.1. The highest BCUT2D eigenvalue weighted by Gasteiger charge is 2.09. The van der Waals surface area contributed by atoms with Crippen LogP contribution in [0.4, 0.5) is 4.39 Å². The van der Waals surface area contributed by atoms with E-state index in [4.69, 9.17) is 0 Å². The zero-order valence-corrected chi connectivity index (χ0v) is 12.7. The van der Waals surface area contributed by atoms with Crippen molar-refractivity contribution in [3.05, 3.63) is 77.9 Å². The molecule has 2 heterocycles. The van der Waals surface area contributed by atoms with E-state index in [1.807, 2.05) is 19.2 Å². The fraction of sp³-hybridized carbons (Fsp3) is 0.105. The van der Waals surface area contributed by atoms with Crippen LogP contribution in [0.15, 0.2) is 54.7 Å². The molecule has 0 bridgehead atoms. The van der Waals surface area contributed by atoms with Crippen molar-refractivity contribution < 1.29 is 4.39 Å². The van der Waals surface area contributed by atoms with Crippen LogP contribution in [0.1, 0.15) is 11.3 Å². The van der Waals surface area contributed by atoms with E-state index in [1.54, 1.807) is 12.1 Å². The van der Waals surface area contributed by atoms with Crippen molar-refractivity contribution in [3.63, 3.8) is 0 Å². The molecule has 1 N–H and O–H groups in total. The number of hydrogen-bond donors (Lipinski definition) is 1. The molecule has 0 aliphatic rings. The maximum atomic E-state index is 13.1. The Morgan fingerprint density at radius 2 is 2.00 bits per heavy atom. The highest BCUT2D eigenvalue weighted by Crippen LogP contribution is 2.24. The van der Waals surface area contributed by atoms with Gasteiger partial charge in [0.05, 0.1) is 11.7 Å². The molecular weight excluding hydrogens is 289 g/mol. The lowest BCUT2D eigenvalue weighted by molar-refractivity contribution is 0.628. The van der Waals surface area contributed by atoms with Crippen molar-refractivity contribution in [1.29, 1.82) is 0 Å². The molecular formula is C19H15FN3. The summed E-state index contributed by atoms with van der Waals surface area (Å²) >= 11 is 0. The molecule has 113 valence electrons. The molecule has 0 fully saturated rings. The smallest absolute Gasteiger partial charge is 0.123 e. The highest BCUT2D eigenvalue weighted by molar-refractivity contribution is 5.78. The maximum Gasteiger partial charge on any atom is 0.123 e. The van der Waals surface area contributed by atoms with Gasteiger partial charge in [-0.2, -0.15) is 5.10 Å². The lowest BCUT2D eigenvalue weighted by Gasteiger charge is -2.12. The van der Waals surface area contributed by atoms with E-state index < -0.39 is 0 Å². The largest absolute Gasteiger partial charge is 0.340 e. The van der Waals surface area contributed by atoms with Gasteiger partial charge >= 0.3 is 0 Å². The molecule has 2 aromatic carbocycles. The van der Waals surface area contributed by atoms with Gasteiger partial charge in [0, 0.05) is 29.4 Å². The molecule has 0 aliphatic heterocycles. The Labute approximate surface area is 133 Å². The van der Waals surface area contributed by atoms with Gasteiger partial charge in [0.25, 0.3) is 0 Å². The molecule has 1 radical (unpaired) electrons. The topological polar surface area (TPSA) is 33.6 Å². The summed E-state index contributed by atoms with van der Waals surface area (Å²) in [6.45, 7) is 2.76. The first-order valence-corrected chi connectivity index (χ1v) is 7.46. The predicted molar refractivity (Wildman–Crippen MR) is 88.6 cm³/mol. The van der Waals surface area contributed by atoms with Crippen LogP contribution in [0.25, 0.3) is 22.2 Å². The van der Waals surface area contributed by atoms with Gasteiger partial charge in [0.15, 0.2) is 0 Å². The summed E-state index contributed by atoms with van der Waals surface area (Å²) in [5.41, 5.74) is 5.28. The van der Waals surface area contributed by atoms with Gasteiger partial charge < -0.3 is 4.57 Å². The fourth-order valence-corrected chi connectivity index (χ4v) is 2.84. The van der Waals surface area contributed by atoms with Gasteiger partial charge in [-0.3, -0.25) is 5.10 Å². The summed E-state index contributed by atoms with van der Waals surface area (Å²) in [5, 5.41) is 8.16. The number of nitrogens with one attached hydrogen (secondary N) is 1. The van der Waals surface area contributed by atoms with Crippen molar-refractivity contribution >= 4 is 10.9 Å². The SMILES string of the molecule is Cc1[c]cc(-c2ccc(F)cc2)n1Cc1ccc2cn[nH]c2c1. The molecule has 0 aliphatic carbocycles. The molecule has 4 heteroatoms. The first-order chi connectivity index (χ1) is 11.2. The lowest BCUT2D eigenvalue weighted by atomic mass is 10.1. The van der Waals surface area contributed by atoms with Crippen LogP contribution in [0, 0.1) is 18.8 Å². The normalized spacial score (nSPS) is 11.2. The average Bonchev–Trinajstić information content (AvgIpc) is 3.16. The van der Waals surface area contributed by atoms with Crippen LogP contribution in [-0.2, 0) is 6.54 Å². The van der Waals surface area contributed by atoms with Crippen molar-refractivity contribution in [1.82, 2.24) is 14.8 Å². The second-order valence-corrected chi connectivity index (χ2v) is 5.64. The summed E-state index contributed by atoms with van der Waals surface area (Å²) < 4.78 is 15.3. The van der Waals surface area contributed by atoms with Gasteiger partial charge in [-0.25, -0.2) is 4.39 Å². The second-order valence-electron chi connectivity index (χ2n) is 5.64. The summed E-state index contributed by atoms with van der Waals surface area (Å²) in [6.07, 6.45) is 1.82. The minimum absolute atomic E-state index is 0.225. The van der Waals surface area contributed by atoms with Gasteiger partial charge in [-0.05, 0) is 54.4 Å². The van der Waals surface area contributed by atoms with Crippen LogP contribution < -0.4 is 0 Å². The first-order valence-electron chi connectivity index (χ1n) is 7.46. The zero-order chi connectivity index (χ0) is 15.8. The molecule has 0 amide bonds. The second kappa shape index (κ2) is 5.39. The van der Waals surface area contributed by atoms with E-state index in [-0.39, 0.29) is 5.82 Å². The number of halogens is 1. The number of aryl methyl sites for hydroxylation is 1. The Bertz CT molecular complexity index is 964. The van der Waals surface area contributed by atoms with Crippen LogP contribution in [0.5, 0.6) is 0 Å².